The van der Waals surface area contributed by atoms with Crippen LogP contribution in [0.1, 0.15) is 22.3 Å². The molecule has 0 aliphatic heterocycles. The van der Waals surface area contributed by atoms with Crippen LogP contribution < -0.4 is 0 Å². The first-order valence-electron chi connectivity index (χ1n) is 7.11. The maximum atomic E-state index is 12.7. The summed E-state index contributed by atoms with van der Waals surface area (Å²) in [7, 11) is 0. The molecule has 0 unspecified atom stereocenters. The van der Waals surface area contributed by atoms with Gasteiger partial charge in [-0.3, -0.25) is 0 Å². The van der Waals surface area contributed by atoms with Crippen LogP contribution in [0.5, 0.6) is 0 Å². The largest absolute Gasteiger partial charge is 0.478 e. The van der Waals surface area contributed by atoms with Gasteiger partial charge in [-0.05, 0) is 41.0 Å². The van der Waals surface area contributed by atoms with Gasteiger partial charge in [0.25, 0.3) is 0 Å². The molecule has 126 valence electrons. The number of hydrogen-bond acceptors (Lipinski definition) is 2. The average Bonchev–Trinajstić information content (AvgIpc) is 2.58. The van der Waals surface area contributed by atoms with E-state index in [1.165, 1.54) is 24.3 Å². The van der Waals surface area contributed by atoms with Crippen molar-refractivity contribution in [2.24, 2.45) is 0 Å². The van der Waals surface area contributed by atoms with E-state index in [1.807, 2.05) is 6.07 Å². The van der Waals surface area contributed by atoms with Gasteiger partial charge in [-0.1, -0.05) is 36.4 Å². The summed E-state index contributed by atoms with van der Waals surface area (Å²) in [4.78, 5) is 10.6. The molecule has 0 aliphatic rings. The Bertz CT molecular complexity index is 873. The molecule has 2 rings (SSSR count). The number of carbonyl (C=O) groups is 1. The van der Waals surface area contributed by atoms with Gasteiger partial charge < -0.3 is 5.11 Å². The molecule has 2 aromatic rings. The predicted molar refractivity (Wildman–Crippen MR) is 86.5 cm³/mol. The van der Waals surface area contributed by atoms with Crippen LogP contribution in [0.15, 0.2) is 66.8 Å². The highest BCUT2D eigenvalue weighted by molar-refractivity contribution is 5.84. The van der Waals surface area contributed by atoms with Crippen LogP contribution in [-0.2, 0) is 11.0 Å². The van der Waals surface area contributed by atoms with Crippen molar-refractivity contribution < 1.29 is 23.1 Å². The molecule has 0 spiro atoms. The molecule has 0 heterocycles. The highest BCUT2D eigenvalue weighted by Crippen LogP contribution is 2.31. The van der Waals surface area contributed by atoms with Crippen molar-refractivity contribution in [1.82, 2.24) is 0 Å². The van der Waals surface area contributed by atoms with E-state index in [0.717, 1.165) is 18.2 Å². The van der Waals surface area contributed by atoms with Crippen molar-refractivity contribution in [3.8, 4) is 6.07 Å². The number of benzene rings is 2. The topological polar surface area (TPSA) is 61.1 Å². The Morgan fingerprint density at radius 1 is 1.08 bits per heavy atom. The van der Waals surface area contributed by atoms with Crippen molar-refractivity contribution >= 4 is 11.5 Å². The SMILES string of the molecule is N#Cc1cccc(/C(=C\C=C\C(=O)O)c2ccc(C(F)(F)F)cc2)c1. The predicted octanol–water partition coefficient (Wildman–Crippen LogP) is 4.65. The van der Waals surface area contributed by atoms with E-state index in [0.29, 0.717) is 22.3 Å². The Hall–Kier alpha value is -3.33. The van der Waals surface area contributed by atoms with E-state index >= 15 is 0 Å². The molecule has 0 aromatic heterocycles. The van der Waals surface area contributed by atoms with E-state index in [9.17, 15) is 18.0 Å². The summed E-state index contributed by atoms with van der Waals surface area (Å²) in [5.41, 5.74) is 1.18. The Morgan fingerprint density at radius 3 is 2.32 bits per heavy atom. The number of carboxylic acid groups (broad SMARTS) is 1. The molecule has 0 bridgehead atoms. The normalized spacial score (nSPS) is 12.2. The molecule has 0 fully saturated rings. The number of nitriles is 1. The molecular weight excluding hydrogens is 331 g/mol. The Kier molecular flexibility index (Phi) is 5.40. The maximum absolute atomic E-state index is 12.7. The minimum absolute atomic E-state index is 0.387. The highest BCUT2D eigenvalue weighted by atomic mass is 19.4. The van der Waals surface area contributed by atoms with Crippen LogP contribution >= 0.6 is 0 Å². The third kappa shape index (κ3) is 4.82. The summed E-state index contributed by atoms with van der Waals surface area (Å²) in [6.07, 6.45) is -0.758. The fourth-order valence-electron chi connectivity index (χ4n) is 2.18. The zero-order chi connectivity index (χ0) is 18.4. The summed E-state index contributed by atoms with van der Waals surface area (Å²) < 4.78 is 38.1. The molecule has 6 heteroatoms. The minimum Gasteiger partial charge on any atom is -0.478 e. The molecule has 3 nitrogen and oxygen atoms in total. The number of allylic oxidation sites excluding steroid dienone is 2. The van der Waals surface area contributed by atoms with Crippen molar-refractivity contribution in [3.05, 3.63) is 89.0 Å². The number of hydrogen-bond donors (Lipinski definition) is 1. The Balaban J connectivity index is 2.51. The quantitative estimate of drug-likeness (QED) is 0.649. The fourth-order valence-corrected chi connectivity index (χ4v) is 2.18. The number of carboxylic acids is 1. The Labute approximate surface area is 142 Å². The van der Waals surface area contributed by atoms with Gasteiger partial charge in [0.2, 0.25) is 0 Å². The Morgan fingerprint density at radius 2 is 1.76 bits per heavy atom. The summed E-state index contributed by atoms with van der Waals surface area (Å²) >= 11 is 0. The minimum atomic E-state index is -4.44. The first kappa shape index (κ1) is 18.0. The second-order valence-corrected chi connectivity index (χ2v) is 5.05. The zero-order valence-electron chi connectivity index (χ0n) is 12.8. The van der Waals surface area contributed by atoms with Gasteiger partial charge >= 0.3 is 12.1 Å². The van der Waals surface area contributed by atoms with Gasteiger partial charge in [0, 0.05) is 6.08 Å². The van der Waals surface area contributed by atoms with Crippen molar-refractivity contribution in [1.29, 1.82) is 5.26 Å². The van der Waals surface area contributed by atoms with Crippen molar-refractivity contribution in [3.63, 3.8) is 0 Å². The highest BCUT2D eigenvalue weighted by Gasteiger charge is 2.30. The third-order valence-corrected chi connectivity index (χ3v) is 3.33. The molecule has 2 aromatic carbocycles. The molecule has 0 aliphatic carbocycles. The van der Waals surface area contributed by atoms with Gasteiger partial charge in [-0.25, -0.2) is 4.79 Å². The second kappa shape index (κ2) is 7.49. The van der Waals surface area contributed by atoms with Crippen LogP contribution in [0.3, 0.4) is 0 Å². The molecule has 0 saturated carbocycles. The summed E-state index contributed by atoms with van der Waals surface area (Å²) in [5, 5.41) is 17.7. The standard InChI is InChI=1S/C19H12F3NO2/c20-19(21,22)16-9-7-14(8-10-16)17(5-2-6-18(24)25)15-4-1-3-13(11-15)12-23/h1-11H,(H,24,25)/b6-2+,17-5-. The number of nitrogens with zero attached hydrogens (tertiary/aromatic N) is 1. The number of rotatable bonds is 4. The number of halogens is 3. The lowest BCUT2D eigenvalue weighted by Gasteiger charge is -2.11. The van der Waals surface area contributed by atoms with Gasteiger partial charge in [-0.2, -0.15) is 18.4 Å². The lowest BCUT2D eigenvalue weighted by Crippen LogP contribution is -2.04. The van der Waals surface area contributed by atoms with E-state index in [4.69, 9.17) is 10.4 Å². The zero-order valence-corrected chi connectivity index (χ0v) is 12.8. The van der Waals surface area contributed by atoms with E-state index < -0.39 is 17.7 Å². The smallest absolute Gasteiger partial charge is 0.416 e. The maximum Gasteiger partial charge on any atom is 0.416 e. The number of alkyl halides is 3. The molecule has 1 N–H and O–H groups in total. The summed E-state index contributed by atoms with van der Waals surface area (Å²) in [5.74, 6) is -1.14. The van der Waals surface area contributed by atoms with Gasteiger partial charge in [-0.15, -0.1) is 0 Å². The van der Waals surface area contributed by atoms with Crippen molar-refractivity contribution in [2.45, 2.75) is 6.18 Å². The van der Waals surface area contributed by atoms with E-state index in [2.05, 4.69) is 0 Å². The molecule has 25 heavy (non-hydrogen) atoms. The van der Waals surface area contributed by atoms with Gasteiger partial charge in [0.15, 0.2) is 0 Å². The second-order valence-electron chi connectivity index (χ2n) is 5.05. The van der Waals surface area contributed by atoms with Crippen molar-refractivity contribution in [2.75, 3.05) is 0 Å². The fraction of sp³-hybridized carbons (Fsp3) is 0.0526. The molecule has 0 amide bonds. The number of aliphatic carboxylic acids is 1. The summed E-state index contributed by atoms with van der Waals surface area (Å²) in [6, 6.07) is 13.0. The van der Waals surface area contributed by atoms with E-state index in [-0.39, 0.29) is 0 Å². The first-order valence-corrected chi connectivity index (χ1v) is 7.11. The van der Waals surface area contributed by atoms with Crippen LogP contribution in [0.25, 0.3) is 5.57 Å². The lowest BCUT2D eigenvalue weighted by atomic mass is 9.95. The molecule has 0 saturated heterocycles. The van der Waals surface area contributed by atoms with Gasteiger partial charge in [0.05, 0.1) is 17.2 Å². The molecule has 0 radical (unpaired) electrons. The lowest BCUT2D eigenvalue weighted by molar-refractivity contribution is -0.137. The van der Waals surface area contributed by atoms with Crippen LogP contribution in [0.4, 0.5) is 13.2 Å². The monoisotopic (exact) mass is 343 g/mol. The average molecular weight is 343 g/mol. The van der Waals surface area contributed by atoms with Gasteiger partial charge in [0.1, 0.15) is 0 Å². The first-order chi connectivity index (χ1) is 11.8. The summed E-state index contributed by atoms with van der Waals surface area (Å²) in [6.45, 7) is 0. The van der Waals surface area contributed by atoms with Crippen LogP contribution in [0.2, 0.25) is 0 Å². The molecular formula is C19H12F3NO2. The van der Waals surface area contributed by atoms with E-state index in [1.54, 1.807) is 24.3 Å². The van der Waals surface area contributed by atoms with Crippen LogP contribution in [0, 0.1) is 11.3 Å². The third-order valence-electron chi connectivity index (χ3n) is 3.33. The van der Waals surface area contributed by atoms with Crippen LogP contribution in [-0.4, -0.2) is 11.1 Å². The molecule has 0 atom stereocenters.